The summed E-state index contributed by atoms with van der Waals surface area (Å²) >= 11 is 8.20. The molecule has 0 bridgehead atoms. The van der Waals surface area contributed by atoms with Crippen LogP contribution in [0.2, 0.25) is 5.02 Å². The Morgan fingerprint density at radius 3 is 2.90 bits per heavy atom. The van der Waals surface area contributed by atoms with Gasteiger partial charge in [0.25, 0.3) is 0 Å². The third kappa shape index (κ3) is 2.22. The molecule has 20 heavy (non-hydrogen) atoms. The molecule has 0 spiro atoms. The van der Waals surface area contributed by atoms with Crippen LogP contribution in [0.4, 0.5) is 0 Å². The number of piperazine rings is 1. The molecule has 1 aromatic carbocycles. The van der Waals surface area contributed by atoms with Crippen molar-refractivity contribution in [3.05, 3.63) is 34.2 Å². The molecule has 2 heterocycles. The number of amides is 1. The molecule has 106 valence electrons. The third-order valence-corrected chi connectivity index (χ3v) is 5.65. The fourth-order valence-electron chi connectivity index (χ4n) is 2.56. The fraction of sp³-hybridized carbons (Fsp3) is 0.400. The summed E-state index contributed by atoms with van der Waals surface area (Å²) in [6, 6.07) is 8.16. The van der Waals surface area contributed by atoms with E-state index in [1.54, 1.807) is 11.3 Å². The highest BCUT2D eigenvalue weighted by molar-refractivity contribution is 7.19. The number of fused-ring (bicyclic) bond motifs is 1. The smallest absolute Gasteiger partial charge is 0.240 e. The lowest BCUT2D eigenvalue weighted by Crippen LogP contribution is -2.61. The zero-order valence-electron chi connectivity index (χ0n) is 11.6. The van der Waals surface area contributed by atoms with Gasteiger partial charge in [0.05, 0.1) is 10.6 Å². The quantitative estimate of drug-likeness (QED) is 0.923. The van der Waals surface area contributed by atoms with E-state index in [1.807, 2.05) is 32.0 Å². The first-order valence-electron chi connectivity index (χ1n) is 6.69. The Hall–Kier alpha value is -1.10. The molecular weight excluding hydrogens is 292 g/mol. The van der Waals surface area contributed by atoms with Crippen molar-refractivity contribution in [3.63, 3.8) is 0 Å². The summed E-state index contributed by atoms with van der Waals surface area (Å²) in [5, 5.41) is 4.85. The van der Waals surface area contributed by atoms with Gasteiger partial charge in [-0.05, 0) is 19.9 Å². The van der Waals surface area contributed by atoms with Crippen LogP contribution in [-0.2, 0) is 11.3 Å². The summed E-state index contributed by atoms with van der Waals surface area (Å²) in [6.07, 6.45) is 0. The van der Waals surface area contributed by atoms with Gasteiger partial charge in [-0.2, -0.15) is 0 Å². The summed E-state index contributed by atoms with van der Waals surface area (Å²) in [5.74, 6) is 0.0842. The maximum atomic E-state index is 12.0. The minimum atomic E-state index is -0.488. The summed E-state index contributed by atoms with van der Waals surface area (Å²) < 4.78 is 1.20. The third-order valence-electron chi connectivity index (χ3n) is 3.95. The van der Waals surface area contributed by atoms with Gasteiger partial charge in [-0.15, -0.1) is 11.3 Å². The molecule has 1 fully saturated rings. The second kappa shape index (κ2) is 5.02. The van der Waals surface area contributed by atoms with Gasteiger partial charge >= 0.3 is 0 Å². The van der Waals surface area contributed by atoms with Crippen LogP contribution in [0.3, 0.4) is 0 Å². The monoisotopic (exact) mass is 308 g/mol. The van der Waals surface area contributed by atoms with Gasteiger partial charge in [0.1, 0.15) is 0 Å². The number of carbonyl (C=O) groups excluding carboxylic acids is 1. The first kappa shape index (κ1) is 13.9. The minimum Gasteiger partial charge on any atom is -0.353 e. The fourth-order valence-corrected chi connectivity index (χ4v) is 4.07. The lowest BCUT2D eigenvalue weighted by molar-refractivity contribution is -0.135. The van der Waals surface area contributed by atoms with Crippen LogP contribution < -0.4 is 5.32 Å². The number of nitrogens with zero attached hydrogens (tertiary/aromatic N) is 1. The average molecular weight is 309 g/mol. The minimum absolute atomic E-state index is 0.0842. The van der Waals surface area contributed by atoms with Crippen LogP contribution in [0.5, 0.6) is 0 Å². The molecule has 1 N–H and O–H groups in total. The Bertz CT molecular complexity index is 665. The maximum absolute atomic E-state index is 12.0. The lowest BCUT2D eigenvalue weighted by atomic mass is 9.99. The van der Waals surface area contributed by atoms with E-state index in [1.165, 1.54) is 4.70 Å². The number of benzene rings is 1. The normalized spacial score (nSPS) is 19.2. The van der Waals surface area contributed by atoms with E-state index in [9.17, 15) is 4.79 Å². The maximum Gasteiger partial charge on any atom is 0.240 e. The van der Waals surface area contributed by atoms with Crippen molar-refractivity contribution < 1.29 is 4.79 Å². The molecule has 5 heteroatoms. The zero-order chi connectivity index (χ0) is 14.3. The molecule has 3 nitrogen and oxygen atoms in total. The predicted molar refractivity (Wildman–Crippen MR) is 84.3 cm³/mol. The summed E-state index contributed by atoms with van der Waals surface area (Å²) in [5.41, 5.74) is -0.488. The number of hydrogen-bond donors (Lipinski definition) is 1. The van der Waals surface area contributed by atoms with Crippen LogP contribution in [0.15, 0.2) is 24.3 Å². The number of carbonyl (C=O) groups is 1. The van der Waals surface area contributed by atoms with Gasteiger partial charge in [-0.1, -0.05) is 29.8 Å². The van der Waals surface area contributed by atoms with Gasteiger partial charge in [0, 0.05) is 34.6 Å². The Balaban J connectivity index is 1.93. The molecule has 0 saturated carbocycles. The van der Waals surface area contributed by atoms with Crippen LogP contribution >= 0.6 is 22.9 Å². The first-order chi connectivity index (χ1) is 9.50. The zero-order valence-corrected chi connectivity index (χ0v) is 13.1. The Kier molecular flexibility index (Phi) is 3.48. The van der Waals surface area contributed by atoms with Crippen molar-refractivity contribution >= 4 is 38.9 Å². The van der Waals surface area contributed by atoms with Crippen molar-refractivity contribution in [1.29, 1.82) is 0 Å². The Morgan fingerprint density at radius 1 is 1.40 bits per heavy atom. The molecule has 0 atom stereocenters. The van der Waals surface area contributed by atoms with Crippen LogP contribution in [0, 0.1) is 0 Å². The topological polar surface area (TPSA) is 32.3 Å². The average Bonchev–Trinajstić information content (AvgIpc) is 2.73. The van der Waals surface area contributed by atoms with Gasteiger partial charge in [0.15, 0.2) is 0 Å². The van der Waals surface area contributed by atoms with Crippen LogP contribution in [0.1, 0.15) is 18.7 Å². The molecule has 1 saturated heterocycles. The Morgan fingerprint density at radius 2 is 2.15 bits per heavy atom. The second-order valence-electron chi connectivity index (χ2n) is 5.57. The van der Waals surface area contributed by atoms with Gasteiger partial charge in [-0.3, -0.25) is 9.69 Å². The number of hydrogen-bond acceptors (Lipinski definition) is 3. The summed E-state index contributed by atoms with van der Waals surface area (Å²) in [7, 11) is 0. The van der Waals surface area contributed by atoms with Crippen LogP contribution in [-0.4, -0.2) is 29.4 Å². The summed E-state index contributed by atoms with van der Waals surface area (Å²) in [4.78, 5) is 15.3. The molecular formula is C15H17ClN2OS. The first-order valence-corrected chi connectivity index (χ1v) is 7.89. The highest BCUT2D eigenvalue weighted by atomic mass is 35.5. The van der Waals surface area contributed by atoms with Gasteiger partial charge < -0.3 is 5.32 Å². The molecule has 0 aliphatic carbocycles. The number of halogens is 1. The van der Waals surface area contributed by atoms with Crippen molar-refractivity contribution in [1.82, 2.24) is 10.2 Å². The molecule has 2 aromatic rings. The molecule has 0 unspecified atom stereocenters. The van der Waals surface area contributed by atoms with Crippen molar-refractivity contribution in [2.75, 3.05) is 13.1 Å². The molecule has 1 aliphatic rings. The SMILES string of the molecule is CC1(C)C(=O)NCCN1Cc1sc2ccccc2c1Cl. The van der Waals surface area contributed by atoms with Crippen molar-refractivity contribution in [2.45, 2.75) is 25.9 Å². The van der Waals surface area contributed by atoms with E-state index in [0.29, 0.717) is 6.54 Å². The van der Waals surface area contributed by atoms with E-state index < -0.39 is 5.54 Å². The number of thiophene rings is 1. The molecule has 3 rings (SSSR count). The highest BCUT2D eigenvalue weighted by Crippen LogP contribution is 2.37. The van der Waals surface area contributed by atoms with Gasteiger partial charge in [-0.25, -0.2) is 0 Å². The van der Waals surface area contributed by atoms with E-state index in [0.717, 1.165) is 28.4 Å². The van der Waals surface area contributed by atoms with E-state index >= 15 is 0 Å². The molecule has 1 aliphatic heterocycles. The lowest BCUT2D eigenvalue weighted by Gasteiger charge is -2.41. The van der Waals surface area contributed by atoms with E-state index in [-0.39, 0.29) is 5.91 Å². The van der Waals surface area contributed by atoms with E-state index in [2.05, 4.69) is 16.3 Å². The summed E-state index contributed by atoms with van der Waals surface area (Å²) in [6.45, 7) is 6.19. The van der Waals surface area contributed by atoms with Gasteiger partial charge in [0.2, 0.25) is 5.91 Å². The standard InChI is InChI=1S/C15H17ClN2OS/c1-15(2)14(19)17-7-8-18(15)9-12-13(16)10-5-3-4-6-11(10)20-12/h3-6H,7-9H2,1-2H3,(H,17,19). The highest BCUT2D eigenvalue weighted by Gasteiger charge is 2.37. The molecule has 0 radical (unpaired) electrons. The van der Waals surface area contributed by atoms with Crippen LogP contribution in [0.25, 0.3) is 10.1 Å². The number of nitrogens with one attached hydrogen (secondary N) is 1. The van der Waals surface area contributed by atoms with Crippen molar-refractivity contribution in [2.24, 2.45) is 0 Å². The largest absolute Gasteiger partial charge is 0.353 e. The predicted octanol–water partition coefficient (Wildman–Crippen LogP) is 3.27. The van der Waals surface area contributed by atoms with E-state index in [4.69, 9.17) is 11.6 Å². The van der Waals surface area contributed by atoms with Crippen molar-refractivity contribution in [3.8, 4) is 0 Å². The molecule has 1 aromatic heterocycles. The Labute approximate surface area is 127 Å². The number of rotatable bonds is 2. The molecule has 1 amide bonds. The second-order valence-corrected chi connectivity index (χ2v) is 7.09.